The van der Waals surface area contributed by atoms with Crippen molar-refractivity contribution < 1.29 is 32.6 Å². The summed E-state index contributed by atoms with van der Waals surface area (Å²) in [5.41, 5.74) is 0.418. The third-order valence-corrected chi connectivity index (χ3v) is 13.3. The number of aliphatic hydroxyl groups excluding tert-OH is 1. The van der Waals surface area contributed by atoms with Crippen LogP contribution in [0.25, 0.3) is 10.8 Å². The van der Waals surface area contributed by atoms with E-state index in [4.69, 9.17) is 4.74 Å². The van der Waals surface area contributed by atoms with Crippen LogP contribution in [-0.2, 0) is 30.6 Å². The summed E-state index contributed by atoms with van der Waals surface area (Å²) < 4.78 is 30.4. The van der Waals surface area contributed by atoms with Crippen LogP contribution >= 0.6 is 0 Å². The molecule has 11 nitrogen and oxygen atoms in total. The lowest BCUT2D eigenvalue weighted by molar-refractivity contribution is -0.133. The van der Waals surface area contributed by atoms with Gasteiger partial charge in [0.1, 0.15) is 11.8 Å². The number of sulfone groups is 1. The molecule has 1 aliphatic heterocycles. The summed E-state index contributed by atoms with van der Waals surface area (Å²) in [6.45, 7) is 8.96. The van der Waals surface area contributed by atoms with Crippen molar-refractivity contribution in [1.29, 1.82) is 0 Å². The minimum Gasteiger partial charge on any atom is -0.483 e. The summed E-state index contributed by atoms with van der Waals surface area (Å²) in [5, 5.41) is 22.5. The summed E-state index contributed by atoms with van der Waals surface area (Å²) in [6.07, 6.45) is 5.28. The van der Waals surface area contributed by atoms with Crippen molar-refractivity contribution in [3.63, 3.8) is 0 Å². The summed E-state index contributed by atoms with van der Waals surface area (Å²) in [5.74, 6) is -0.178. The van der Waals surface area contributed by atoms with Gasteiger partial charge in [0.2, 0.25) is 11.8 Å². The Morgan fingerprint density at radius 3 is 2.22 bits per heavy atom. The number of hydrogen-bond acceptors (Lipinski definition) is 8. The zero-order valence-electron chi connectivity index (χ0n) is 32.5. The van der Waals surface area contributed by atoms with E-state index in [1.807, 2.05) is 87.5 Å². The highest BCUT2D eigenvalue weighted by Gasteiger charge is 2.46. The summed E-state index contributed by atoms with van der Waals surface area (Å²) in [7, 11) is -3.90. The molecule has 3 amide bonds. The third-order valence-electron chi connectivity index (χ3n) is 11.1. The van der Waals surface area contributed by atoms with Gasteiger partial charge in [0, 0.05) is 30.3 Å². The van der Waals surface area contributed by atoms with Crippen molar-refractivity contribution >= 4 is 38.3 Å². The van der Waals surface area contributed by atoms with E-state index in [9.17, 15) is 27.9 Å². The van der Waals surface area contributed by atoms with Crippen LogP contribution in [-0.4, -0.2) is 96.6 Å². The van der Waals surface area contributed by atoms with Crippen molar-refractivity contribution in [3.8, 4) is 5.75 Å². The van der Waals surface area contributed by atoms with Crippen LogP contribution in [0.2, 0.25) is 0 Å². The molecule has 1 saturated carbocycles. The Hall–Kier alpha value is -4.00. The number of carbonyl (C=O) groups is 3. The van der Waals surface area contributed by atoms with E-state index in [-0.39, 0.29) is 18.9 Å². The fourth-order valence-corrected chi connectivity index (χ4v) is 8.44. The van der Waals surface area contributed by atoms with Gasteiger partial charge in [0.25, 0.3) is 5.91 Å². The molecule has 1 heterocycles. The topological polar surface area (TPSA) is 154 Å². The molecular formula is C42H58N4O7S. The SMILES string of the molecule is CC(C)(C)NC(=O)C1CC2CCCCC2CN1CC(O)C(Cc1ccccc1)NC(=O)C(NC(=O)COc1cccc2ccccc12)C(C)(C)S(C)(=O)=O. The Kier molecular flexibility index (Phi) is 13.1. The van der Waals surface area contributed by atoms with E-state index >= 15 is 0 Å². The zero-order valence-corrected chi connectivity index (χ0v) is 33.3. The van der Waals surface area contributed by atoms with Gasteiger partial charge in [0.05, 0.1) is 22.9 Å². The van der Waals surface area contributed by atoms with Crippen molar-refractivity contribution in [3.05, 3.63) is 78.4 Å². The molecule has 54 heavy (non-hydrogen) atoms. The maximum absolute atomic E-state index is 14.3. The van der Waals surface area contributed by atoms with E-state index in [0.29, 0.717) is 30.6 Å². The first-order chi connectivity index (χ1) is 25.4. The minimum atomic E-state index is -3.90. The first kappa shape index (κ1) is 41.2. The molecule has 0 spiro atoms. The van der Waals surface area contributed by atoms with Crippen LogP contribution < -0.4 is 20.7 Å². The van der Waals surface area contributed by atoms with E-state index in [1.165, 1.54) is 13.8 Å². The lowest BCUT2D eigenvalue weighted by atomic mass is 9.72. The van der Waals surface area contributed by atoms with Crippen LogP contribution in [0.4, 0.5) is 0 Å². The summed E-state index contributed by atoms with van der Waals surface area (Å²) in [6, 6.07) is 19.6. The van der Waals surface area contributed by atoms with E-state index in [1.54, 1.807) is 6.07 Å². The van der Waals surface area contributed by atoms with E-state index in [0.717, 1.165) is 48.3 Å². The summed E-state index contributed by atoms with van der Waals surface area (Å²) >= 11 is 0. The second kappa shape index (κ2) is 17.2. The molecule has 4 N–H and O–H groups in total. The zero-order chi connectivity index (χ0) is 39.3. The van der Waals surface area contributed by atoms with Gasteiger partial charge in [-0.25, -0.2) is 8.42 Å². The maximum atomic E-state index is 14.3. The number of β-amino-alcohol motifs (C(OH)–C–C–N with tert-alkyl or cyclic N) is 1. The van der Waals surface area contributed by atoms with Gasteiger partial charge in [-0.15, -0.1) is 0 Å². The molecule has 0 bridgehead atoms. The molecular weight excluding hydrogens is 705 g/mol. The molecule has 6 unspecified atom stereocenters. The number of fused-ring (bicyclic) bond motifs is 2. The van der Waals surface area contributed by atoms with Crippen LogP contribution in [0, 0.1) is 11.8 Å². The second-order valence-electron chi connectivity index (χ2n) is 16.8. The van der Waals surface area contributed by atoms with Crippen molar-refractivity contribution in [2.75, 3.05) is 26.0 Å². The molecule has 2 aliphatic rings. The van der Waals surface area contributed by atoms with Crippen LogP contribution in [0.1, 0.15) is 72.3 Å². The van der Waals surface area contributed by atoms with Crippen molar-refractivity contribution in [2.24, 2.45) is 11.8 Å². The first-order valence-corrected chi connectivity index (χ1v) is 21.0. The number of rotatable bonds is 14. The van der Waals surface area contributed by atoms with Crippen LogP contribution in [0.5, 0.6) is 5.75 Å². The highest BCUT2D eigenvalue weighted by molar-refractivity contribution is 7.92. The minimum absolute atomic E-state index is 0.0780. The third kappa shape index (κ3) is 10.4. The average Bonchev–Trinajstić information content (AvgIpc) is 3.11. The molecule has 3 aromatic carbocycles. The van der Waals surface area contributed by atoms with E-state index in [2.05, 4.69) is 20.9 Å². The molecule has 2 fully saturated rings. The Morgan fingerprint density at radius 1 is 0.889 bits per heavy atom. The number of nitrogens with one attached hydrogen (secondary N) is 3. The number of aliphatic hydroxyl groups is 1. The fourth-order valence-electron chi connectivity index (χ4n) is 7.85. The predicted octanol–water partition coefficient (Wildman–Crippen LogP) is 4.41. The fraction of sp³-hybridized carbons (Fsp3) is 0.548. The smallest absolute Gasteiger partial charge is 0.258 e. The monoisotopic (exact) mass is 762 g/mol. The molecule has 5 rings (SSSR count). The highest BCUT2D eigenvalue weighted by Crippen LogP contribution is 2.39. The number of ether oxygens (including phenoxy) is 1. The number of nitrogens with zero attached hydrogens (tertiary/aromatic N) is 1. The van der Waals surface area contributed by atoms with Crippen molar-refractivity contribution in [1.82, 2.24) is 20.9 Å². The molecule has 1 aliphatic carbocycles. The lowest BCUT2D eigenvalue weighted by Crippen LogP contribution is -2.64. The molecule has 294 valence electrons. The highest BCUT2D eigenvalue weighted by atomic mass is 32.2. The number of amides is 3. The maximum Gasteiger partial charge on any atom is 0.258 e. The second-order valence-corrected chi connectivity index (χ2v) is 19.4. The molecule has 12 heteroatoms. The van der Waals surface area contributed by atoms with Gasteiger partial charge >= 0.3 is 0 Å². The van der Waals surface area contributed by atoms with Gasteiger partial charge < -0.3 is 25.8 Å². The quantitative estimate of drug-likeness (QED) is 0.189. The Bertz CT molecular complexity index is 1870. The standard InChI is InChI=1S/C42H58N4O7S/c1-41(2,3)45-39(49)34-24-30-18-10-11-19-31(30)25-46(34)26-35(47)33(23-28-15-8-7-9-16-28)43-40(50)38(42(4,5)54(6,51)52)44-37(48)27-53-36-22-14-20-29-17-12-13-21-32(29)36/h7-9,12-17,20-22,30-31,33-35,38,47H,10-11,18-19,23-27H2,1-6H3,(H,43,50)(H,44,48)(H,45,49). The Balaban J connectivity index is 1.38. The van der Waals surface area contributed by atoms with Crippen LogP contribution in [0.15, 0.2) is 72.8 Å². The Morgan fingerprint density at radius 2 is 1.54 bits per heavy atom. The number of carbonyl (C=O) groups excluding carboxylic acids is 3. The predicted molar refractivity (Wildman–Crippen MR) is 212 cm³/mol. The lowest BCUT2D eigenvalue weighted by Gasteiger charge is -2.47. The normalized spacial score (nSPS) is 21.3. The molecule has 3 aromatic rings. The summed E-state index contributed by atoms with van der Waals surface area (Å²) in [4.78, 5) is 43.5. The molecule has 0 radical (unpaired) electrons. The van der Waals surface area contributed by atoms with Gasteiger partial charge in [-0.3, -0.25) is 19.3 Å². The number of likely N-dealkylation sites (tertiary alicyclic amines) is 1. The van der Waals surface area contributed by atoms with Crippen LogP contribution in [0.3, 0.4) is 0 Å². The number of benzene rings is 3. The first-order valence-electron chi connectivity index (χ1n) is 19.1. The van der Waals surface area contributed by atoms with Crippen molar-refractivity contribution in [2.45, 2.75) is 108 Å². The molecule has 0 aromatic heterocycles. The van der Waals surface area contributed by atoms with Gasteiger partial charge in [-0.05, 0) is 82.7 Å². The van der Waals surface area contributed by atoms with Gasteiger partial charge in [-0.1, -0.05) is 86.0 Å². The number of hydrogen-bond donors (Lipinski definition) is 4. The largest absolute Gasteiger partial charge is 0.483 e. The van der Waals surface area contributed by atoms with Gasteiger partial charge in [0.15, 0.2) is 16.4 Å². The average molecular weight is 763 g/mol. The van der Waals surface area contributed by atoms with Gasteiger partial charge in [-0.2, -0.15) is 0 Å². The molecule has 6 atom stereocenters. The van der Waals surface area contributed by atoms with E-state index < -0.39 is 62.8 Å². The Labute approximate surface area is 320 Å². The number of piperidine rings is 1. The molecule has 1 saturated heterocycles.